The van der Waals surface area contributed by atoms with Crippen molar-refractivity contribution in [2.75, 3.05) is 57.8 Å². The van der Waals surface area contributed by atoms with E-state index < -0.39 is 0 Å². The van der Waals surface area contributed by atoms with Gasteiger partial charge < -0.3 is 20.0 Å². The highest BCUT2D eigenvalue weighted by atomic mass is 16.1. The maximum absolute atomic E-state index is 12.7. The molecule has 3 fully saturated rings. The summed E-state index contributed by atoms with van der Waals surface area (Å²) < 4.78 is 1.81. The van der Waals surface area contributed by atoms with Gasteiger partial charge in [0.15, 0.2) is 11.5 Å². The van der Waals surface area contributed by atoms with Gasteiger partial charge in [-0.05, 0) is 50.8 Å². The van der Waals surface area contributed by atoms with Gasteiger partial charge in [0.2, 0.25) is 5.91 Å². The molecule has 2 aromatic rings. The largest absolute Gasteiger partial charge is 0.353 e. The molecule has 0 aromatic carbocycles. The number of fused-ring (bicyclic) bond motifs is 1. The molecule has 0 unspecified atom stereocenters. The van der Waals surface area contributed by atoms with Crippen molar-refractivity contribution < 1.29 is 4.79 Å². The molecule has 1 amide bonds. The fraction of sp³-hybridized carbons (Fsp3) is 0.760. The first kappa shape index (κ1) is 23.5. The monoisotopic (exact) mass is 468 g/mol. The lowest BCUT2D eigenvalue weighted by atomic mass is 9.88. The fourth-order valence-corrected chi connectivity index (χ4v) is 5.70. The van der Waals surface area contributed by atoms with Crippen LogP contribution in [0.3, 0.4) is 0 Å². The Bertz CT molecular complexity index is 940. The first-order chi connectivity index (χ1) is 16.6. The highest BCUT2D eigenvalue weighted by molar-refractivity contribution is 5.76. The minimum Gasteiger partial charge on any atom is -0.353 e. The fourth-order valence-electron chi connectivity index (χ4n) is 5.70. The summed E-state index contributed by atoms with van der Waals surface area (Å²) in [7, 11) is 2.15. The van der Waals surface area contributed by atoms with Crippen LogP contribution in [-0.4, -0.2) is 94.4 Å². The minimum atomic E-state index is 0.109. The molecule has 9 nitrogen and oxygen atoms in total. The van der Waals surface area contributed by atoms with Gasteiger partial charge in [-0.15, -0.1) is 15.3 Å². The predicted octanol–water partition coefficient (Wildman–Crippen LogP) is 1.97. The highest BCUT2D eigenvalue weighted by Crippen LogP contribution is 2.25. The molecule has 1 aliphatic carbocycles. The number of nitrogens with one attached hydrogen (secondary N) is 1. The molecule has 0 radical (unpaired) electrons. The van der Waals surface area contributed by atoms with E-state index in [0.717, 1.165) is 75.3 Å². The number of amides is 1. The van der Waals surface area contributed by atoms with Crippen LogP contribution in [0.5, 0.6) is 0 Å². The van der Waals surface area contributed by atoms with Crippen LogP contribution in [0.1, 0.15) is 57.2 Å². The second kappa shape index (κ2) is 11.0. The third-order valence-electron chi connectivity index (χ3n) is 7.91. The normalized spacial score (nSPS) is 21.9. The summed E-state index contributed by atoms with van der Waals surface area (Å²) in [5.41, 5.74) is 0.735. The number of likely N-dealkylation sites (tertiary alicyclic amines) is 1. The molecule has 2 aromatic heterocycles. The van der Waals surface area contributed by atoms with Gasteiger partial charge in [-0.1, -0.05) is 19.3 Å². The summed E-state index contributed by atoms with van der Waals surface area (Å²) in [6.45, 7) is 7.47. The molecule has 5 rings (SSSR count). The van der Waals surface area contributed by atoms with E-state index in [1.807, 2.05) is 16.6 Å². The van der Waals surface area contributed by atoms with Gasteiger partial charge in [-0.2, -0.15) is 4.52 Å². The van der Waals surface area contributed by atoms with E-state index >= 15 is 0 Å². The zero-order valence-electron chi connectivity index (χ0n) is 20.7. The van der Waals surface area contributed by atoms with Gasteiger partial charge in [-0.25, -0.2) is 0 Å². The Balaban J connectivity index is 1.09. The Morgan fingerprint density at radius 3 is 2.50 bits per heavy atom. The lowest BCUT2D eigenvalue weighted by Crippen LogP contribution is -2.46. The third kappa shape index (κ3) is 5.86. The van der Waals surface area contributed by atoms with Crippen molar-refractivity contribution in [3.05, 3.63) is 18.0 Å². The molecule has 4 heterocycles. The number of hydrogen-bond donors (Lipinski definition) is 1. The van der Waals surface area contributed by atoms with Gasteiger partial charge in [0, 0.05) is 64.7 Å². The van der Waals surface area contributed by atoms with Crippen molar-refractivity contribution in [3.63, 3.8) is 0 Å². The summed E-state index contributed by atoms with van der Waals surface area (Å²) in [5.74, 6) is 2.70. The second-order valence-corrected chi connectivity index (χ2v) is 10.5. The van der Waals surface area contributed by atoms with Gasteiger partial charge in [0.25, 0.3) is 0 Å². The predicted molar refractivity (Wildman–Crippen MR) is 133 cm³/mol. The van der Waals surface area contributed by atoms with Crippen molar-refractivity contribution in [1.82, 2.24) is 34.9 Å². The number of rotatable bonds is 7. The molecule has 34 heavy (non-hydrogen) atoms. The van der Waals surface area contributed by atoms with Crippen molar-refractivity contribution in [2.45, 2.75) is 63.8 Å². The summed E-state index contributed by atoms with van der Waals surface area (Å²) >= 11 is 0. The number of hydrogen-bond acceptors (Lipinski definition) is 7. The van der Waals surface area contributed by atoms with Crippen LogP contribution in [0.15, 0.2) is 12.1 Å². The van der Waals surface area contributed by atoms with Crippen LogP contribution >= 0.6 is 0 Å². The molecule has 186 valence electrons. The average molecular weight is 469 g/mol. The third-order valence-corrected chi connectivity index (χ3v) is 7.91. The molecule has 0 atom stereocenters. The summed E-state index contributed by atoms with van der Waals surface area (Å²) in [6, 6.07) is 4.29. The van der Waals surface area contributed by atoms with Crippen LogP contribution in [0.4, 0.5) is 5.82 Å². The summed E-state index contributed by atoms with van der Waals surface area (Å²) in [6.07, 6.45) is 10.1. The van der Waals surface area contributed by atoms with E-state index in [0.29, 0.717) is 18.9 Å². The maximum Gasteiger partial charge on any atom is 0.220 e. The van der Waals surface area contributed by atoms with Crippen molar-refractivity contribution in [1.29, 1.82) is 0 Å². The SMILES string of the molecule is CN1CCN(c2ccc3nnc(CCC(=O)NC4CCN(CC5CCCCC5)CC4)n3n2)CC1. The molecule has 0 bridgehead atoms. The number of aryl methyl sites for hydroxylation is 1. The Kier molecular flexibility index (Phi) is 7.59. The van der Waals surface area contributed by atoms with Crippen LogP contribution in [0, 0.1) is 5.92 Å². The van der Waals surface area contributed by atoms with Gasteiger partial charge in [0.1, 0.15) is 5.82 Å². The quantitative estimate of drug-likeness (QED) is 0.665. The molecule has 3 aliphatic rings. The van der Waals surface area contributed by atoms with E-state index in [2.05, 4.69) is 37.3 Å². The number of carbonyl (C=O) groups is 1. The van der Waals surface area contributed by atoms with Gasteiger partial charge >= 0.3 is 0 Å². The second-order valence-electron chi connectivity index (χ2n) is 10.5. The first-order valence-corrected chi connectivity index (χ1v) is 13.3. The number of aromatic nitrogens is 4. The first-order valence-electron chi connectivity index (χ1n) is 13.3. The van der Waals surface area contributed by atoms with Crippen molar-refractivity contribution >= 4 is 17.4 Å². The minimum absolute atomic E-state index is 0.109. The number of likely N-dealkylation sites (N-methyl/N-ethyl adjacent to an activating group) is 1. The van der Waals surface area contributed by atoms with E-state index in [1.165, 1.54) is 38.6 Å². The van der Waals surface area contributed by atoms with E-state index in [4.69, 9.17) is 5.10 Å². The van der Waals surface area contributed by atoms with Crippen LogP contribution in [0.2, 0.25) is 0 Å². The van der Waals surface area contributed by atoms with Crippen LogP contribution in [-0.2, 0) is 11.2 Å². The summed E-state index contributed by atoms with van der Waals surface area (Å²) in [4.78, 5) is 19.9. The molecule has 2 aliphatic heterocycles. The van der Waals surface area contributed by atoms with E-state index in [1.54, 1.807) is 0 Å². The van der Waals surface area contributed by atoms with Crippen molar-refractivity contribution in [3.8, 4) is 0 Å². The average Bonchev–Trinajstić information content (AvgIpc) is 3.27. The molecule has 2 saturated heterocycles. The number of carbonyl (C=O) groups excluding carboxylic acids is 1. The van der Waals surface area contributed by atoms with Gasteiger partial charge in [0.05, 0.1) is 0 Å². The summed E-state index contributed by atoms with van der Waals surface area (Å²) in [5, 5.41) is 16.6. The molecular formula is C25H40N8O. The van der Waals surface area contributed by atoms with Crippen LogP contribution in [0.25, 0.3) is 5.65 Å². The zero-order valence-corrected chi connectivity index (χ0v) is 20.7. The number of nitrogens with zero attached hydrogens (tertiary/aromatic N) is 7. The Morgan fingerprint density at radius 2 is 1.74 bits per heavy atom. The molecular weight excluding hydrogens is 428 g/mol. The lowest BCUT2D eigenvalue weighted by Gasteiger charge is -2.35. The topological polar surface area (TPSA) is 81.9 Å². The number of piperidine rings is 1. The lowest BCUT2D eigenvalue weighted by molar-refractivity contribution is -0.122. The Hall–Kier alpha value is -2.26. The standard InChI is InChI=1S/C25H40N8O/c1-30-15-17-32(18-16-30)24-8-7-22-27-28-23(33(22)29-24)9-10-25(34)26-21-11-13-31(14-12-21)19-20-5-3-2-4-6-20/h7-8,20-21H,2-6,9-19H2,1H3,(H,26,34). The molecule has 1 N–H and O–H groups in total. The molecule has 0 spiro atoms. The molecule has 9 heteroatoms. The Labute approximate surface area is 202 Å². The van der Waals surface area contributed by atoms with Crippen LogP contribution < -0.4 is 10.2 Å². The highest BCUT2D eigenvalue weighted by Gasteiger charge is 2.24. The number of piperazine rings is 1. The van der Waals surface area contributed by atoms with E-state index in [9.17, 15) is 4.79 Å². The maximum atomic E-state index is 12.7. The number of anilines is 1. The van der Waals surface area contributed by atoms with Gasteiger partial charge in [-0.3, -0.25) is 4.79 Å². The van der Waals surface area contributed by atoms with E-state index in [-0.39, 0.29) is 5.91 Å². The van der Waals surface area contributed by atoms with Crippen molar-refractivity contribution in [2.24, 2.45) is 5.92 Å². The zero-order chi connectivity index (χ0) is 23.3. The smallest absolute Gasteiger partial charge is 0.220 e. The molecule has 1 saturated carbocycles. The Morgan fingerprint density at radius 1 is 0.971 bits per heavy atom.